The van der Waals surface area contributed by atoms with E-state index in [1.165, 1.54) is 0 Å². The molecule has 5 nitrogen and oxygen atoms in total. The molecule has 2 aromatic rings. The molecule has 0 aliphatic heterocycles. The number of aliphatic hydroxyl groups excluding tert-OH is 1. The summed E-state index contributed by atoms with van der Waals surface area (Å²) < 4.78 is 5.26. The highest BCUT2D eigenvalue weighted by molar-refractivity contribution is 5.22. The van der Waals surface area contributed by atoms with Crippen LogP contribution in [0.1, 0.15) is 48.6 Å². The van der Waals surface area contributed by atoms with Gasteiger partial charge in [0.1, 0.15) is 6.10 Å². The van der Waals surface area contributed by atoms with E-state index in [9.17, 15) is 5.11 Å². The Balaban J connectivity index is 1.78. The van der Waals surface area contributed by atoms with Crippen molar-refractivity contribution in [1.82, 2.24) is 10.1 Å². The number of nitrogens with two attached hydrogens (primary N) is 1. The third kappa shape index (κ3) is 2.52. The Morgan fingerprint density at radius 1 is 1.26 bits per heavy atom. The van der Waals surface area contributed by atoms with E-state index >= 15 is 0 Å². The number of rotatable bonds is 3. The second-order valence-electron chi connectivity index (χ2n) is 5.07. The summed E-state index contributed by atoms with van der Waals surface area (Å²) in [5.74, 6) is 1.15. The van der Waals surface area contributed by atoms with Gasteiger partial charge in [-0.1, -0.05) is 35.5 Å². The van der Waals surface area contributed by atoms with Crippen LogP contribution in [0.15, 0.2) is 34.9 Å². The molecule has 0 saturated heterocycles. The van der Waals surface area contributed by atoms with E-state index in [0.717, 1.165) is 24.8 Å². The van der Waals surface area contributed by atoms with Gasteiger partial charge in [0.15, 0.2) is 0 Å². The van der Waals surface area contributed by atoms with Gasteiger partial charge in [-0.3, -0.25) is 0 Å². The van der Waals surface area contributed by atoms with Gasteiger partial charge < -0.3 is 15.4 Å². The van der Waals surface area contributed by atoms with E-state index in [2.05, 4.69) is 10.1 Å². The summed E-state index contributed by atoms with van der Waals surface area (Å²) >= 11 is 0. The van der Waals surface area contributed by atoms with Gasteiger partial charge in [-0.2, -0.15) is 4.98 Å². The zero-order chi connectivity index (χ0) is 13.2. The first-order chi connectivity index (χ1) is 9.24. The molecule has 100 valence electrons. The Hall–Kier alpha value is -1.72. The van der Waals surface area contributed by atoms with E-state index in [4.69, 9.17) is 10.3 Å². The van der Waals surface area contributed by atoms with Crippen molar-refractivity contribution in [3.05, 3.63) is 47.6 Å². The molecule has 1 aromatic carbocycles. The van der Waals surface area contributed by atoms with E-state index in [1.807, 2.05) is 30.3 Å². The summed E-state index contributed by atoms with van der Waals surface area (Å²) in [6, 6.07) is 9.54. The van der Waals surface area contributed by atoms with Gasteiger partial charge in [-0.15, -0.1) is 0 Å². The van der Waals surface area contributed by atoms with Crippen molar-refractivity contribution in [2.75, 3.05) is 0 Å². The van der Waals surface area contributed by atoms with E-state index in [-0.39, 0.29) is 12.0 Å². The molecule has 5 heteroatoms. The van der Waals surface area contributed by atoms with E-state index in [0.29, 0.717) is 11.7 Å². The lowest BCUT2D eigenvalue weighted by Gasteiger charge is -2.05. The van der Waals surface area contributed by atoms with Crippen molar-refractivity contribution in [3.8, 4) is 0 Å². The highest BCUT2D eigenvalue weighted by Gasteiger charge is 2.29. The molecule has 3 N–H and O–H groups in total. The molecule has 1 aromatic heterocycles. The van der Waals surface area contributed by atoms with Crippen molar-refractivity contribution >= 4 is 0 Å². The van der Waals surface area contributed by atoms with Crippen LogP contribution in [-0.2, 0) is 0 Å². The predicted molar refractivity (Wildman–Crippen MR) is 69.4 cm³/mol. The lowest BCUT2D eigenvalue weighted by atomic mass is 10.1. The molecule has 1 aliphatic rings. The average molecular weight is 259 g/mol. The standard InChI is InChI=1S/C14H17N3O2/c15-11-7-6-10(8-11)14-16-13(17-19-14)12(18)9-4-2-1-3-5-9/h1-5,10-12,18H,6-8,15H2. The molecule has 3 unspecified atom stereocenters. The van der Waals surface area contributed by atoms with Crippen molar-refractivity contribution in [3.63, 3.8) is 0 Å². The summed E-state index contributed by atoms with van der Waals surface area (Å²) in [7, 11) is 0. The smallest absolute Gasteiger partial charge is 0.229 e. The summed E-state index contributed by atoms with van der Waals surface area (Å²) in [4.78, 5) is 4.32. The number of hydrogen-bond acceptors (Lipinski definition) is 5. The van der Waals surface area contributed by atoms with Gasteiger partial charge in [0.05, 0.1) is 0 Å². The maximum atomic E-state index is 10.2. The Morgan fingerprint density at radius 3 is 2.74 bits per heavy atom. The van der Waals surface area contributed by atoms with Crippen LogP contribution in [0.3, 0.4) is 0 Å². The van der Waals surface area contributed by atoms with Crippen molar-refractivity contribution in [2.45, 2.75) is 37.3 Å². The van der Waals surface area contributed by atoms with Crippen LogP contribution in [0.25, 0.3) is 0 Å². The Bertz CT molecular complexity index is 541. The largest absolute Gasteiger partial charge is 0.380 e. The molecule has 1 heterocycles. The summed E-state index contributed by atoms with van der Waals surface area (Å²) in [6.45, 7) is 0. The number of nitrogens with zero attached hydrogens (tertiary/aromatic N) is 2. The normalized spacial score (nSPS) is 24.5. The minimum Gasteiger partial charge on any atom is -0.380 e. The first-order valence-electron chi connectivity index (χ1n) is 6.56. The first kappa shape index (κ1) is 12.3. The van der Waals surface area contributed by atoms with Crippen LogP contribution >= 0.6 is 0 Å². The van der Waals surface area contributed by atoms with Crippen LogP contribution in [0, 0.1) is 0 Å². The molecule has 0 bridgehead atoms. The third-order valence-corrected chi connectivity index (χ3v) is 3.64. The fraction of sp³-hybridized carbons (Fsp3) is 0.429. The van der Waals surface area contributed by atoms with Crippen molar-refractivity contribution in [2.24, 2.45) is 5.73 Å². The quantitative estimate of drug-likeness (QED) is 0.877. The molecule has 3 atom stereocenters. The minimum atomic E-state index is -0.839. The third-order valence-electron chi connectivity index (χ3n) is 3.64. The maximum absolute atomic E-state index is 10.2. The number of aliphatic hydroxyl groups is 1. The zero-order valence-electron chi connectivity index (χ0n) is 10.6. The maximum Gasteiger partial charge on any atom is 0.229 e. The second kappa shape index (κ2) is 5.11. The van der Waals surface area contributed by atoms with Gasteiger partial charge in [-0.05, 0) is 24.8 Å². The summed E-state index contributed by atoms with van der Waals surface area (Å²) in [5, 5.41) is 14.1. The van der Waals surface area contributed by atoms with Crippen LogP contribution in [0.5, 0.6) is 0 Å². The molecular formula is C14H17N3O2. The molecule has 1 saturated carbocycles. The van der Waals surface area contributed by atoms with Crippen molar-refractivity contribution < 1.29 is 9.63 Å². The number of hydrogen-bond donors (Lipinski definition) is 2. The topological polar surface area (TPSA) is 85.2 Å². The van der Waals surface area contributed by atoms with Crippen LogP contribution < -0.4 is 5.73 Å². The molecule has 0 spiro atoms. The fourth-order valence-corrected chi connectivity index (χ4v) is 2.55. The second-order valence-corrected chi connectivity index (χ2v) is 5.07. The molecule has 3 rings (SSSR count). The van der Waals surface area contributed by atoms with E-state index in [1.54, 1.807) is 0 Å². The Kier molecular flexibility index (Phi) is 3.31. The highest BCUT2D eigenvalue weighted by Crippen LogP contribution is 2.33. The molecule has 0 amide bonds. The van der Waals surface area contributed by atoms with Gasteiger partial charge in [0, 0.05) is 12.0 Å². The van der Waals surface area contributed by atoms with E-state index < -0.39 is 6.10 Å². The van der Waals surface area contributed by atoms with Crippen LogP contribution in [0.2, 0.25) is 0 Å². The number of aromatic nitrogens is 2. The zero-order valence-corrected chi connectivity index (χ0v) is 10.6. The highest BCUT2D eigenvalue weighted by atomic mass is 16.5. The molecule has 19 heavy (non-hydrogen) atoms. The predicted octanol–water partition coefficient (Wildman–Crippen LogP) is 1.75. The first-order valence-corrected chi connectivity index (χ1v) is 6.56. The monoisotopic (exact) mass is 259 g/mol. The molecule has 1 fully saturated rings. The average Bonchev–Trinajstić information content (AvgIpc) is 3.07. The number of benzene rings is 1. The fourth-order valence-electron chi connectivity index (χ4n) is 2.55. The lowest BCUT2D eigenvalue weighted by molar-refractivity contribution is 0.204. The van der Waals surface area contributed by atoms with Gasteiger partial charge in [0.2, 0.25) is 11.7 Å². The molecule has 0 radical (unpaired) electrons. The van der Waals surface area contributed by atoms with Gasteiger partial charge in [-0.25, -0.2) is 0 Å². The Morgan fingerprint density at radius 2 is 2.05 bits per heavy atom. The Labute approximate surface area is 111 Å². The summed E-state index contributed by atoms with van der Waals surface area (Å²) in [6.07, 6.45) is 2.01. The molecular weight excluding hydrogens is 242 g/mol. The van der Waals surface area contributed by atoms with Crippen LogP contribution in [0.4, 0.5) is 0 Å². The lowest BCUT2D eigenvalue weighted by Crippen LogP contribution is -2.14. The summed E-state index contributed by atoms with van der Waals surface area (Å²) in [5.41, 5.74) is 6.64. The minimum absolute atomic E-state index is 0.222. The molecule has 1 aliphatic carbocycles. The SMILES string of the molecule is NC1CCC(c2nc(C(O)c3ccccc3)no2)C1. The van der Waals surface area contributed by atoms with Crippen molar-refractivity contribution in [1.29, 1.82) is 0 Å². The van der Waals surface area contributed by atoms with Crippen LogP contribution in [-0.4, -0.2) is 21.3 Å². The van der Waals surface area contributed by atoms with Gasteiger partial charge >= 0.3 is 0 Å². The van der Waals surface area contributed by atoms with Gasteiger partial charge in [0.25, 0.3) is 0 Å².